The van der Waals surface area contributed by atoms with E-state index in [1.54, 1.807) is 6.07 Å². The molecule has 3 rings (SSSR count). The van der Waals surface area contributed by atoms with E-state index in [4.69, 9.17) is 0 Å². The zero-order valence-electron chi connectivity index (χ0n) is 14.8. The fourth-order valence-corrected chi connectivity index (χ4v) is 2.76. The van der Waals surface area contributed by atoms with Crippen LogP contribution < -0.4 is 10.6 Å². The summed E-state index contributed by atoms with van der Waals surface area (Å²) in [6, 6.07) is 13.1. The number of halogens is 1. The zero-order chi connectivity index (χ0) is 19.4. The third-order valence-electron chi connectivity index (χ3n) is 4.32. The number of rotatable bonds is 5. The fraction of sp³-hybridized carbons (Fsp3) is 0.200. The van der Waals surface area contributed by atoms with Gasteiger partial charge in [-0.2, -0.15) is 0 Å². The number of aliphatic hydroxyl groups excluding tert-OH is 1. The standard InChI is InChI=1S/C20H20FN3O3/c1-24-9-8-14-10-15(4-7-17(14)24)18(25)12-23-20(27)19(26)22-11-13-2-5-16(21)6-3-13/h2-10,18,25H,11-12H2,1H3,(H,22,26)(H,23,27)/t18-/m1/s1. The number of hydrogen-bond acceptors (Lipinski definition) is 3. The summed E-state index contributed by atoms with van der Waals surface area (Å²) in [6.07, 6.45) is 0.997. The molecule has 0 aliphatic rings. The summed E-state index contributed by atoms with van der Waals surface area (Å²) < 4.78 is 14.8. The van der Waals surface area contributed by atoms with E-state index >= 15 is 0 Å². The monoisotopic (exact) mass is 369 g/mol. The smallest absolute Gasteiger partial charge is 0.309 e. The highest BCUT2D eigenvalue weighted by Crippen LogP contribution is 2.20. The van der Waals surface area contributed by atoms with Gasteiger partial charge in [0.2, 0.25) is 0 Å². The number of aryl methyl sites for hydroxylation is 1. The van der Waals surface area contributed by atoms with Gasteiger partial charge in [0.15, 0.2) is 0 Å². The van der Waals surface area contributed by atoms with Gasteiger partial charge >= 0.3 is 11.8 Å². The molecule has 0 unspecified atom stereocenters. The number of benzene rings is 2. The Morgan fingerprint density at radius 3 is 2.52 bits per heavy atom. The molecule has 0 saturated heterocycles. The van der Waals surface area contributed by atoms with Crippen molar-refractivity contribution in [2.45, 2.75) is 12.6 Å². The lowest BCUT2D eigenvalue weighted by Crippen LogP contribution is -2.41. The number of nitrogens with one attached hydrogen (secondary N) is 2. The summed E-state index contributed by atoms with van der Waals surface area (Å²) in [7, 11) is 1.93. The van der Waals surface area contributed by atoms with E-state index in [0.29, 0.717) is 11.1 Å². The largest absolute Gasteiger partial charge is 0.387 e. The number of aliphatic hydroxyl groups is 1. The Bertz CT molecular complexity index is 966. The van der Waals surface area contributed by atoms with Gasteiger partial charge in [0.1, 0.15) is 5.82 Å². The molecular weight excluding hydrogens is 349 g/mol. The van der Waals surface area contributed by atoms with Crippen LogP contribution in [0.4, 0.5) is 4.39 Å². The van der Waals surface area contributed by atoms with Gasteiger partial charge in [-0.1, -0.05) is 18.2 Å². The topological polar surface area (TPSA) is 83.4 Å². The Kier molecular flexibility index (Phi) is 5.52. The maximum Gasteiger partial charge on any atom is 0.309 e. The Morgan fingerprint density at radius 1 is 1.07 bits per heavy atom. The van der Waals surface area contributed by atoms with Crippen molar-refractivity contribution in [2.75, 3.05) is 6.54 Å². The molecular formula is C20H20FN3O3. The highest BCUT2D eigenvalue weighted by Gasteiger charge is 2.16. The Labute approximate surface area is 155 Å². The summed E-state index contributed by atoms with van der Waals surface area (Å²) in [5, 5.41) is 16.1. The van der Waals surface area contributed by atoms with Crippen LogP contribution in [0.2, 0.25) is 0 Å². The summed E-state index contributed by atoms with van der Waals surface area (Å²) in [5.41, 5.74) is 2.37. The van der Waals surface area contributed by atoms with Crippen molar-refractivity contribution in [2.24, 2.45) is 7.05 Å². The summed E-state index contributed by atoms with van der Waals surface area (Å²) >= 11 is 0. The third-order valence-corrected chi connectivity index (χ3v) is 4.32. The number of fused-ring (bicyclic) bond motifs is 1. The van der Waals surface area contributed by atoms with Crippen LogP contribution in [-0.4, -0.2) is 28.0 Å². The highest BCUT2D eigenvalue weighted by atomic mass is 19.1. The molecule has 0 radical (unpaired) electrons. The van der Waals surface area contributed by atoms with Crippen LogP contribution in [0.15, 0.2) is 54.7 Å². The molecule has 1 atom stereocenters. The molecule has 6 nitrogen and oxygen atoms in total. The van der Waals surface area contributed by atoms with Crippen molar-refractivity contribution in [1.29, 1.82) is 0 Å². The maximum atomic E-state index is 12.8. The van der Waals surface area contributed by atoms with Gasteiger partial charge < -0.3 is 20.3 Å². The van der Waals surface area contributed by atoms with Crippen molar-refractivity contribution >= 4 is 22.7 Å². The predicted octanol–water partition coefficient (Wildman–Crippen LogP) is 1.78. The van der Waals surface area contributed by atoms with Crippen LogP contribution in [0, 0.1) is 5.82 Å². The van der Waals surface area contributed by atoms with E-state index < -0.39 is 17.9 Å². The molecule has 0 fully saturated rings. The normalized spacial score (nSPS) is 12.0. The van der Waals surface area contributed by atoms with Gasteiger partial charge in [0.05, 0.1) is 6.10 Å². The first kappa shape index (κ1) is 18.6. The van der Waals surface area contributed by atoms with Gasteiger partial charge in [-0.3, -0.25) is 9.59 Å². The van der Waals surface area contributed by atoms with E-state index in [0.717, 1.165) is 10.9 Å². The van der Waals surface area contributed by atoms with Crippen molar-refractivity contribution in [3.63, 3.8) is 0 Å². The molecule has 0 saturated carbocycles. The summed E-state index contributed by atoms with van der Waals surface area (Å²) in [5.74, 6) is -2.02. The molecule has 7 heteroatoms. The SMILES string of the molecule is Cn1ccc2cc([C@H](O)CNC(=O)C(=O)NCc3ccc(F)cc3)ccc21. The van der Waals surface area contributed by atoms with E-state index in [1.165, 1.54) is 24.3 Å². The Balaban J connectivity index is 1.50. The molecule has 3 N–H and O–H groups in total. The van der Waals surface area contributed by atoms with E-state index in [-0.39, 0.29) is 18.9 Å². The zero-order valence-corrected chi connectivity index (χ0v) is 14.8. The highest BCUT2D eigenvalue weighted by molar-refractivity contribution is 6.35. The van der Waals surface area contributed by atoms with Crippen LogP contribution in [0.5, 0.6) is 0 Å². The van der Waals surface area contributed by atoms with Crippen LogP contribution >= 0.6 is 0 Å². The van der Waals surface area contributed by atoms with Gasteiger partial charge in [-0.05, 0) is 46.8 Å². The van der Waals surface area contributed by atoms with Crippen LogP contribution in [0.25, 0.3) is 10.9 Å². The lowest BCUT2D eigenvalue weighted by Gasteiger charge is -2.13. The minimum absolute atomic E-state index is 0.0822. The second kappa shape index (κ2) is 8.01. The third kappa shape index (κ3) is 4.51. The summed E-state index contributed by atoms with van der Waals surface area (Å²) in [4.78, 5) is 23.7. The minimum atomic E-state index is -0.927. The van der Waals surface area contributed by atoms with Gasteiger partial charge in [0.25, 0.3) is 0 Å². The first-order valence-electron chi connectivity index (χ1n) is 8.47. The Hall–Kier alpha value is -3.19. The quantitative estimate of drug-likeness (QED) is 0.600. The van der Waals surface area contributed by atoms with Gasteiger partial charge in [-0.25, -0.2) is 4.39 Å². The van der Waals surface area contributed by atoms with Gasteiger partial charge in [0, 0.05) is 31.9 Å². The number of hydrogen-bond donors (Lipinski definition) is 3. The minimum Gasteiger partial charge on any atom is -0.387 e. The number of carbonyl (C=O) groups excluding carboxylic acids is 2. The molecule has 0 spiro atoms. The Morgan fingerprint density at radius 2 is 1.78 bits per heavy atom. The lowest BCUT2D eigenvalue weighted by molar-refractivity contribution is -0.139. The van der Waals surface area contributed by atoms with E-state index in [1.807, 2.05) is 36.0 Å². The van der Waals surface area contributed by atoms with Crippen LogP contribution in [0.1, 0.15) is 17.2 Å². The van der Waals surface area contributed by atoms with Crippen molar-refractivity contribution in [3.05, 3.63) is 71.7 Å². The maximum absolute atomic E-state index is 12.8. The molecule has 2 aromatic carbocycles. The summed E-state index contributed by atoms with van der Waals surface area (Å²) in [6.45, 7) is 0.0287. The number of nitrogens with zero attached hydrogens (tertiary/aromatic N) is 1. The molecule has 1 heterocycles. The molecule has 3 aromatic rings. The second-order valence-electron chi connectivity index (χ2n) is 6.28. The van der Waals surface area contributed by atoms with Crippen LogP contribution in [-0.2, 0) is 23.2 Å². The molecule has 0 aliphatic carbocycles. The molecule has 140 valence electrons. The molecule has 1 aromatic heterocycles. The van der Waals surface area contributed by atoms with Crippen molar-refractivity contribution in [1.82, 2.24) is 15.2 Å². The lowest BCUT2D eigenvalue weighted by atomic mass is 10.1. The molecule has 2 amide bonds. The van der Waals surface area contributed by atoms with Crippen LogP contribution in [0.3, 0.4) is 0 Å². The first-order valence-corrected chi connectivity index (χ1v) is 8.47. The number of aromatic nitrogens is 1. The van der Waals surface area contributed by atoms with Crippen molar-refractivity contribution < 1.29 is 19.1 Å². The number of carbonyl (C=O) groups is 2. The average molecular weight is 369 g/mol. The van der Waals surface area contributed by atoms with E-state index in [9.17, 15) is 19.1 Å². The molecule has 0 bridgehead atoms. The van der Waals surface area contributed by atoms with Crippen molar-refractivity contribution in [3.8, 4) is 0 Å². The second-order valence-corrected chi connectivity index (χ2v) is 6.28. The molecule has 27 heavy (non-hydrogen) atoms. The first-order chi connectivity index (χ1) is 12.9. The number of amides is 2. The predicted molar refractivity (Wildman–Crippen MR) is 99.1 cm³/mol. The molecule has 0 aliphatic heterocycles. The van der Waals surface area contributed by atoms with Gasteiger partial charge in [-0.15, -0.1) is 0 Å². The average Bonchev–Trinajstić information content (AvgIpc) is 3.05. The fourth-order valence-electron chi connectivity index (χ4n) is 2.76. The van der Waals surface area contributed by atoms with E-state index in [2.05, 4.69) is 10.6 Å².